The Morgan fingerprint density at radius 2 is 2.39 bits per heavy atom. The number of carbonyl (C=O) groups excluding carboxylic acids is 1. The molecule has 0 unspecified atom stereocenters. The lowest BCUT2D eigenvalue weighted by Crippen LogP contribution is -2.24. The predicted molar refractivity (Wildman–Crippen MR) is 65.0 cm³/mol. The molecule has 0 spiro atoms. The van der Waals surface area contributed by atoms with Crippen molar-refractivity contribution in [3.05, 3.63) is 35.9 Å². The van der Waals surface area contributed by atoms with Gasteiger partial charge >= 0.3 is 0 Å². The average Bonchev–Trinajstić information content (AvgIpc) is 2.89. The maximum absolute atomic E-state index is 11.9. The number of rotatable bonds is 4. The summed E-state index contributed by atoms with van der Waals surface area (Å²) in [5.41, 5.74) is 6.51. The van der Waals surface area contributed by atoms with Crippen LogP contribution < -0.4 is 15.8 Å². The van der Waals surface area contributed by atoms with Crippen molar-refractivity contribution >= 4 is 11.6 Å². The van der Waals surface area contributed by atoms with E-state index in [0.29, 0.717) is 22.8 Å². The van der Waals surface area contributed by atoms with Crippen LogP contribution in [-0.2, 0) is 6.54 Å². The molecule has 7 heteroatoms. The molecule has 1 amide bonds. The van der Waals surface area contributed by atoms with Crippen molar-refractivity contribution in [1.29, 1.82) is 0 Å². The number of anilines is 1. The molecule has 0 aliphatic carbocycles. The lowest BCUT2D eigenvalue weighted by molar-refractivity contribution is 0.0950. The first-order valence-corrected chi connectivity index (χ1v) is 5.27. The summed E-state index contributed by atoms with van der Waals surface area (Å²) < 4.78 is 5.05. The molecule has 7 nitrogen and oxygen atoms in total. The van der Waals surface area contributed by atoms with E-state index >= 15 is 0 Å². The Morgan fingerprint density at radius 3 is 3.06 bits per heavy atom. The van der Waals surface area contributed by atoms with Crippen LogP contribution in [0.2, 0.25) is 0 Å². The number of nitrogens with one attached hydrogen (secondary N) is 2. The molecule has 2 aromatic rings. The Morgan fingerprint density at radius 1 is 1.56 bits per heavy atom. The number of aromatic nitrogens is 3. The van der Waals surface area contributed by atoms with E-state index in [1.54, 1.807) is 18.2 Å². The van der Waals surface area contributed by atoms with Gasteiger partial charge in [-0.25, -0.2) is 4.98 Å². The molecule has 94 valence electrons. The molecule has 0 saturated carbocycles. The summed E-state index contributed by atoms with van der Waals surface area (Å²) in [6, 6.07) is 5.04. The highest BCUT2D eigenvalue weighted by molar-refractivity contribution is 6.00. The van der Waals surface area contributed by atoms with Crippen LogP contribution in [0.5, 0.6) is 5.75 Å². The number of nitrogens with two attached hydrogens (primary N) is 1. The fraction of sp³-hybridized carbons (Fsp3) is 0.182. The Balaban J connectivity index is 2.09. The van der Waals surface area contributed by atoms with Crippen LogP contribution in [0.15, 0.2) is 24.5 Å². The van der Waals surface area contributed by atoms with Crippen LogP contribution in [0.4, 0.5) is 5.69 Å². The molecule has 18 heavy (non-hydrogen) atoms. The van der Waals surface area contributed by atoms with E-state index in [0.717, 1.165) is 0 Å². The van der Waals surface area contributed by atoms with E-state index in [1.165, 1.54) is 13.4 Å². The number of para-hydroxylation sites is 1. The molecule has 1 aromatic heterocycles. The maximum Gasteiger partial charge on any atom is 0.253 e. The number of ether oxygens (including phenoxy) is 1. The van der Waals surface area contributed by atoms with Crippen LogP contribution in [0.3, 0.4) is 0 Å². The normalized spacial score (nSPS) is 10.1. The molecule has 1 heterocycles. The number of amides is 1. The van der Waals surface area contributed by atoms with E-state index in [2.05, 4.69) is 20.5 Å². The molecule has 0 bridgehead atoms. The predicted octanol–water partition coefficient (Wildman–Crippen LogP) is 0.325. The topological polar surface area (TPSA) is 106 Å². The van der Waals surface area contributed by atoms with Gasteiger partial charge in [0, 0.05) is 0 Å². The summed E-state index contributed by atoms with van der Waals surface area (Å²) >= 11 is 0. The monoisotopic (exact) mass is 247 g/mol. The van der Waals surface area contributed by atoms with Crippen LogP contribution in [0.25, 0.3) is 0 Å². The van der Waals surface area contributed by atoms with E-state index in [9.17, 15) is 4.79 Å². The summed E-state index contributed by atoms with van der Waals surface area (Å²) in [5, 5.41) is 9.02. The summed E-state index contributed by atoms with van der Waals surface area (Å²) in [4.78, 5) is 15.8. The number of hydrogen-bond acceptors (Lipinski definition) is 5. The fourth-order valence-corrected chi connectivity index (χ4v) is 1.50. The first-order chi connectivity index (χ1) is 8.72. The SMILES string of the molecule is COc1cccc(C(=O)NCc2ncn[nH]2)c1N. The Kier molecular flexibility index (Phi) is 3.42. The number of nitrogens with zero attached hydrogens (tertiary/aromatic N) is 2. The van der Waals surface area contributed by atoms with Gasteiger partial charge in [-0.2, -0.15) is 5.10 Å². The van der Waals surface area contributed by atoms with Crippen molar-refractivity contribution in [3.8, 4) is 5.75 Å². The van der Waals surface area contributed by atoms with Crippen molar-refractivity contribution < 1.29 is 9.53 Å². The molecular formula is C11H13N5O2. The standard InChI is InChI=1S/C11H13N5O2/c1-18-8-4-2-3-7(10(8)12)11(17)13-5-9-14-6-15-16-9/h2-4,6H,5,12H2,1H3,(H,13,17)(H,14,15,16). The minimum absolute atomic E-state index is 0.259. The first kappa shape index (κ1) is 11.9. The Labute approximate surface area is 103 Å². The summed E-state index contributed by atoms with van der Waals surface area (Å²) in [6.45, 7) is 0.259. The maximum atomic E-state index is 11.9. The van der Waals surface area contributed by atoms with E-state index in [4.69, 9.17) is 10.5 Å². The van der Waals surface area contributed by atoms with Crippen molar-refractivity contribution in [2.45, 2.75) is 6.54 Å². The summed E-state index contributed by atoms with van der Waals surface area (Å²) in [6.07, 6.45) is 1.38. The molecule has 0 atom stereocenters. The minimum atomic E-state index is -0.289. The third-order valence-corrected chi connectivity index (χ3v) is 2.41. The second-order valence-corrected chi connectivity index (χ2v) is 3.54. The third kappa shape index (κ3) is 2.40. The zero-order valence-electron chi connectivity index (χ0n) is 9.80. The van der Waals surface area contributed by atoms with Crippen LogP contribution in [0, 0.1) is 0 Å². The quantitative estimate of drug-likeness (QED) is 0.675. The average molecular weight is 247 g/mol. The van der Waals surface area contributed by atoms with Gasteiger partial charge in [0.25, 0.3) is 5.91 Å². The van der Waals surface area contributed by atoms with E-state index in [1.807, 2.05) is 0 Å². The van der Waals surface area contributed by atoms with Gasteiger partial charge in [-0.05, 0) is 12.1 Å². The van der Waals surface area contributed by atoms with Crippen molar-refractivity contribution in [2.24, 2.45) is 0 Å². The first-order valence-electron chi connectivity index (χ1n) is 5.27. The molecule has 4 N–H and O–H groups in total. The highest BCUT2D eigenvalue weighted by Crippen LogP contribution is 2.24. The molecule has 0 saturated heterocycles. The highest BCUT2D eigenvalue weighted by atomic mass is 16.5. The van der Waals surface area contributed by atoms with E-state index < -0.39 is 0 Å². The van der Waals surface area contributed by atoms with Gasteiger partial charge in [0.1, 0.15) is 17.9 Å². The number of H-pyrrole nitrogens is 1. The Hall–Kier alpha value is -2.57. The van der Waals surface area contributed by atoms with Gasteiger partial charge < -0.3 is 15.8 Å². The van der Waals surface area contributed by atoms with Gasteiger partial charge in [-0.1, -0.05) is 6.07 Å². The molecular weight excluding hydrogens is 234 g/mol. The number of methoxy groups -OCH3 is 1. The lowest BCUT2D eigenvalue weighted by atomic mass is 10.1. The number of nitrogen functional groups attached to an aromatic ring is 1. The molecule has 0 fully saturated rings. The van der Waals surface area contributed by atoms with Gasteiger partial charge in [-0.3, -0.25) is 9.89 Å². The third-order valence-electron chi connectivity index (χ3n) is 2.41. The molecule has 1 aromatic carbocycles. The zero-order chi connectivity index (χ0) is 13.0. The number of aromatic amines is 1. The Bertz CT molecular complexity index is 538. The number of carbonyl (C=O) groups is 1. The minimum Gasteiger partial charge on any atom is -0.495 e. The highest BCUT2D eigenvalue weighted by Gasteiger charge is 2.12. The van der Waals surface area contributed by atoms with Crippen LogP contribution in [0.1, 0.15) is 16.2 Å². The van der Waals surface area contributed by atoms with Gasteiger partial charge in [0.2, 0.25) is 0 Å². The summed E-state index contributed by atoms with van der Waals surface area (Å²) in [5.74, 6) is 0.759. The number of hydrogen-bond donors (Lipinski definition) is 3. The number of benzene rings is 1. The molecule has 0 aliphatic heterocycles. The van der Waals surface area contributed by atoms with Gasteiger partial charge in [-0.15, -0.1) is 0 Å². The molecule has 2 rings (SSSR count). The van der Waals surface area contributed by atoms with Crippen LogP contribution in [-0.4, -0.2) is 28.2 Å². The van der Waals surface area contributed by atoms with Crippen LogP contribution >= 0.6 is 0 Å². The smallest absolute Gasteiger partial charge is 0.253 e. The summed E-state index contributed by atoms with van der Waals surface area (Å²) in [7, 11) is 1.50. The molecule has 0 radical (unpaired) electrons. The van der Waals surface area contributed by atoms with Crippen molar-refractivity contribution in [3.63, 3.8) is 0 Å². The largest absolute Gasteiger partial charge is 0.495 e. The second-order valence-electron chi connectivity index (χ2n) is 3.54. The lowest BCUT2D eigenvalue weighted by Gasteiger charge is -2.09. The van der Waals surface area contributed by atoms with Crippen molar-refractivity contribution in [1.82, 2.24) is 20.5 Å². The molecule has 0 aliphatic rings. The fourth-order valence-electron chi connectivity index (χ4n) is 1.50. The second kappa shape index (κ2) is 5.17. The van der Waals surface area contributed by atoms with Crippen molar-refractivity contribution in [2.75, 3.05) is 12.8 Å². The van der Waals surface area contributed by atoms with Gasteiger partial charge in [0.05, 0.1) is 24.9 Å². The zero-order valence-corrected chi connectivity index (χ0v) is 9.80. The van der Waals surface area contributed by atoms with Gasteiger partial charge in [0.15, 0.2) is 0 Å². The van der Waals surface area contributed by atoms with E-state index in [-0.39, 0.29) is 12.5 Å².